The second kappa shape index (κ2) is 4.21. The van der Waals surface area contributed by atoms with E-state index in [0.717, 1.165) is 23.5 Å². The van der Waals surface area contributed by atoms with Crippen molar-refractivity contribution in [1.82, 2.24) is 25.6 Å². The highest BCUT2D eigenvalue weighted by Crippen LogP contribution is 2.18. The highest BCUT2D eigenvalue weighted by atomic mass is 15.3. The van der Waals surface area contributed by atoms with E-state index in [2.05, 4.69) is 37.7 Å². The fourth-order valence-corrected chi connectivity index (χ4v) is 1.77. The van der Waals surface area contributed by atoms with Crippen LogP contribution in [0.3, 0.4) is 0 Å². The molecule has 3 aromatic rings. The topological polar surface area (TPSA) is 70.2 Å². The van der Waals surface area contributed by atoms with E-state index in [0.29, 0.717) is 0 Å². The van der Waals surface area contributed by atoms with Crippen LogP contribution in [0.4, 0.5) is 0 Å². The van der Waals surface area contributed by atoms with Crippen LogP contribution < -0.4 is 0 Å². The minimum absolute atomic E-state index is 0.756. The molecule has 0 saturated carbocycles. The standard InChI is InChI=1S/C12H11N5/c1-2-4-9(5-3-1)8-11-12(16-17-15-11)10-6-7-13-14-10/h1-7H,8H2,(H,13,14)(H,15,16,17). The molecule has 0 atom stereocenters. The maximum absolute atomic E-state index is 4.18. The number of benzene rings is 1. The van der Waals surface area contributed by atoms with E-state index in [9.17, 15) is 0 Å². The molecule has 2 aromatic heterocycles. The van der Waals surface area contributed by atoms with Gasteiger partial charge < -0.3 is 0 Å². The Labute approximate surface area is 97.9 Å². The van der Waals surface area contributed by atoms with Crippen molar-refractivity contribution in [3.05, 3.63) is 53.9 Å². The summed E-state index contributed by atoms with van der Waals surface area (Å²) in [6.45, 7) is 0. The molecule has 0 bridgehead atoms. The van der Waals surface area contributed by atoms with Gasteiger partial charge in [0, 0.05) is 12.6 Å². The molecule has 2 N–H and O–H groups in total. The van der Waals surface area contributed by atoms with E-state index in [-0.39, 0.29) is 0 Å². The first-order chi connectivity index (χ1) is 8.43. The lowest BCUT2D eigenvalue weighted by Gasteiger charge is -1.99. The van der Waals surface area contributed by atoms with Gasteiger partial charge in [-0.15, -0.1) is 0 Å². The third kappa shape index (κ3) is 1.94. The Kier molecular flexibility index (Phi) is 2.42. The summed E-state index contributed by atoms with van der Waals surface area (Å²) in [6.07, 6.45) is 2.46. The SMILES string of the molecule is c1ccc(Cc2n[nH]nc2-c2ccn[nH]2)cc1. The molecule has 17 heavy (non-hydrogen) atoms. The predicted molar refractivity (Wildman–Crippen MR) is 63.2 cm³/mol. The largest absolute Gasteiger partial charge is 0.276 e. The molecule has 5 heteroatoms. The number of nitrogens with one attached hydrogen (secondary N) is 2. The van der Waals surface area contributed by atoms with E-state index in [4.69, 9.17) is 0 Å². The molecule has 2 heterocycles. The minimum atomic E-state index is 0.756. The molecule has 0 radical (unpaired) electrons. The lowest BCUT2D eigenvalue weighted by molar-refractivity contribution is 0.915. The van der Waals surface area contributed by atoms with Crippen LogP contribution in [0.15, 0.2) is 42.6 Å². The quantitative estimate of drug-likeness (QED) is 0.713. The van der Waals surface area contributed by atoms with E-state index < -0.39 is 0 Å². The molecule has 3 rings (SSSR count). The number of nitrogens with zero attached hydrogens (tertiary/aromatic N) is 3. The zero-order valence-corrected chi connectivity index (χ0v) is 9.09. The molecule has 0 saturated heterocycles. The molecule has 0 aliphatic heterocycles. The van der Waals surface area contributed by atoms with Crippen LogP contribution in [-0.4, -0.2) is 25.6 Å². The normalized spacial score (nSPS) is 10.6. The molecule has 5 nitrogen and oxygen atoms in total. The Morgan fingerprint density at radius 3 is 2.65 bits per heavy atom. The van der Waals surface area contributed by atoms with E-state index >= 15 is 0 Å². The molecule has 84 valence electrons. The Morgan fingerprint density at radius 1 is 1.00 bits per heavy atom. The van der Waals surface area contributed by atoms with Crippen molar-refractivity contribution in [2.24, 2.45) is 0 Å². The molecule has 0 aliphatic carbocycles. The summed E-state index contributed by atoms with van der Waals surface area (Å²) in [4.78, 5) is 0. The molecular formula is C12H11N5. The third-order valence-electron chi connectivity index (χ3n) is 2.59. The summed E-state index contributed by atoms with van der Waals surface area (Å²) in [6, 6.07) is 12.1. The van der Waals surface area contributed by atoms with Crippen LogP contribution in [-0.2, 0) is 6.42 Å². The zero-order chi connectivity index (χ0) is 11.5. The van der Waals surface area contributed by atoms with Gasteiger partial charge in [-0.25, -0.2) is 0 Å². The number of hydrogen-bond donors (Lipinski definition) is 2. The van der Waals surface area contributed by atoms with Crippen molar-refractivity contribution >= 4 is 0 Å². The summed E-state index contributed by atoms with van der Waals surface area (Å²) in [5.41, 5.74) is 3.83. The minimum Gasteiger partial charge on any atom is -0.276 e. The van der Waals surface area contributed by atoms with Crippen molar-refractivity contribution in [2.45, 2.75) is 6.42 Å². The van der Waals surface area contributed by atoms with Crippen molar-refractivity contribution < 1.29 is 0 Å². The number of rotatable bonds is 3. The summed E-state index contributed by atoms with van der Waals surface area (Å²) in [5.74, 6) is 0. The number of hydrogen-bond acceptors (Lipinski definition) is 3. The van der Waals surface area contributed by atoms with Gasteiger partial charge in [-0.1, -0.05) is 30.3 Å². The number of H-pyrrole nitrogens is 2. The Balaban J connectivity index is 1.92. The lowest BCUT2D eigenvalue weighted by Crippen LogP contribution is -1.91. The van der Waals surface area contributed by atoms with Crippen LogP contribution in [0.5, 0.6) is 0 Å². The van der Waals surface area contributed by atoms with Gasteiger partial charge in [0.05, 0.1) is 11.4 Å². The van der Waals surface area contributed by atoms with Gasteiger partial charge in [-0.2, -0.15) is 20.5 Å². The third-order valence-corrected chi connectivity index (χ3v) is 2.59. The van der Waals surface area contributed by atoms with Crippen molar-refractivity contribution in [3.8, 4) is 11.4 Å². The molecule has 0 unspecified atom stereocenters. The fraction of sp³-hybridized carbons (Fsp3) is 0.0833. The second-order valence-corrected chi connectivity index (χ2v) is 3.75. The summed E-state index contributed by atoms with van der Waals surface area (Å²) >= 11 is 0. The molecule has 0 fully saturated rings. The highest BCUT2D eigenvalue weighted by Gasteiger charge is 2.11. The zero-order valence-electron chi connectivity index (χ0n) is 9.09. The van der Waals surface area contributed by atoms with Gasteiger partial charge in [0.15, 0.2) is 0 Å². The summed E-state index contributed by atoms with van der Waals surface area (Å²) in [5, 5.41) is 17.8. The van der Waals surface area contributed by atoms with Gasteiger partial charge in [0.1, 0.15) is 5.69 Å². The average molecular weight is 225 g/mol. The average Bonchev–Trinajstić information content (AvgIpc) is 3.00. The first-order valence-electron chi connectivity index (χ1n) is 5.37. The van der Waals surface area contributed by atoms with Crippen molar-refractivity contribution in [1.29, 1.82) is 0 Å². The first kappa shape index (κ1) is 9.77. The molecule has 0 amide bonds. The second-order valence-electron chi connectivity index (χ2n) is 3.75. The van der Waals surface area contributed by atoms with Crippen LogP contribution >= 0.6 is 0 Å². The van der Waals surface area contributed by atoms with Crippen LogP contribution in [0.25, 0.3) is 11.4 Å². The first-order valence-corrected chi connectivity index (χ1v) is 5.37. The van der Waals surface area contributed by atoms with E-state index in [1.54, 1.807) is 6.20 Å². The Bertz CT molecular complexity index is 582. The van der Waals surface area contributed by atoms with Gasteiger partial charge in [-0.05, 0) is 11.6 Å². The molecule has 0 aliphatic rings. The highest BCUT2D eigenvalue weighted by molar-refractivity contribution is 5.56. The molecule has 1 aromatic carbocycles. The molecule has 0 spiro atoms. The molecular weight excluding hydrogens is 214 g/mol. The van der Waals surface area contributed by atoms with Gasteiger partial charge in [-0.3, -0.25) is 5.10 Å². The van der Waals surface area contributed by atoms with E-state index in [1.165, 1.54) is 5.56 Å². The summed E-state index contributed by atoms with van der Waals surface area (Å²) in [7, 11) is 0. The maximum atomic E-state index is 4.18. The predicted octanol–water partition coefficient (Wildman–Crippen LogP) is 1.79. The van der Waals surface area contributed by atoms with Crippen LogP contribution in [0.1, 0.15) is 11.3 Å². The van der Waals surface area contributed by atoms with Crippen molar-refractivity contribution in [3.63, 3.8) is 0 Å². The fourth-order valence-electron chi connectivity index (χ4n) is 1.77. The number of aromatic nitrogens is 5. The summed E-state index contributed by atoms with van der Waals surface area (Å²) < 4.78 is 0. The van der Waals surface area contributed by atoms with Gasteiger partial charge in [0.25, 0.3) is 0 Å². The maximum Gasteiger partial charge on any atom is 0.134 e. The van der Waals surface area contributed by atoms with Crippen molar-refractivity contribution in [2.75, 3.05) is 0 Å². The van der Waals surface area contributed by atoms with Gasteiger partial charge in [0.2, 0.25) is 0 Å². The van der Waals surface area contributed by atoms with E-state index in [1.807, 2.05) is 24.3 Å². The monoisotopic (exact) mass is 225 g/mol. The Morgan fingerprint density at radius 2 is 1.88 bits per heavy atom. The smallest absolute Gasteiger partial charge is 0.134 e. The van der Waals surface area contributed by atoms with Crippen LogP contribution in [0, 0.1) is 0 Å². The van der Waals surface area contributed by atoms with Crippen LogP contribution in [0.2, 0.25) is 0 Å². The Hall–Kier alpha value is -2.43. The number of aromatic amines is 2. The lowest BCUT2D eigenvalue weighted by atomic mass is 10.1. The van der Waals surface area contributed by atoms with Gasteiger partial charge >= 0.3 is 0 Å².